The summed E-state index contributed by atoms with van der Waals surface area (Å²) in [5, 5.41) is 0. The highest BCUT2D eigenvalue weighted by molar-refractivity contribution is 5.91. The van der Waals surface area contributed by atoms with Crippen molar-refractivity contribution in [3.8, 4) is 0 Å². The highest BCUT2D eigenvalue weighted by Gasteiger charge is 2.54. The lowest BCUT2D eigenvalue weighted by molar-refractivity contribution is -0.154. The topological polar surface area (TPSA) is 17.1 Å². The molecule has 0 saturated heterocycles. The molecule has 2 aliphatic carbocycles. The molecular weight excluding hydrogens is 136 g/mol. The molecule has 2 aliphatic rings. The number of ketones is 1. The van der Waals surface area contributed by atoms with Gasteiger partial charge in [0, 0.05) is 11.8 Å². The number of rotatable bonds is 0. The zero-order valence-corrected chi connectivity index (χ0v) is 7.39. The van der Waals surface area contributed by atoms with Gasteiger partial charge in [0.2, 0.25) is 0 Å². The lowest BCUT2D eigenvalue weighted by Gasteiger charge is -2.52. The monoisotopic (exact) mass is 152 g/mol. The quantitative estimate of drug-likeness (QED) is 0.521. The van der Waals surface area contributed by atoms with Gasteiger partial charge in [-0.2, -0.15) is 0 Å². The molecule has 0 N–H and O–H groups in total. The van der Waals surface area contributed by atoms with E-state index in [0.717, 1.165) is 12.3 Å². The second kappa shape index (κ2) is 2.09. The van der Waals surface area contributed by atoms with Gasteiger partial charge in [-0.15, -0.1) is 0 Å². The summed E-state index contributed by atoms with van der Waals surface area (Å²) < 4.78 is 0. The van der Waals surface area contributed by atoms with Crippen LogP contribution in [0.15, 0.2) is 0 Å². The first kappa shape index (κ1) is 7.33. The summed E-state index contributed by atoms with van der Waals surface area (Å²) in [6, 6.07) is 0. The molecule has 0 bridgehead atoms. The summed E-state index contributed by atoms with van der Waals surface area (Å²) in [4.78, 5) is 11.4. The Balaban J connectivity index is 2.22. The second-order valence-electron chi connectivity index (χ2n) is 4.44. The molecule has 0 aliphatic heterocycles. The van der Waals surface area contributed by atoms with Gasteiger partial charge in [0.15, 0.2) is 0 Å². The van der Waals surface area contributed by atoms with E-state index in [4.69, 9.17) is 0 Å². The van der Waals surface area contributed by atoms with E-state index in [9.17, 15) is 4.79 Å². The Morgan fingerprint density at radius 1 is 1.45 bits per heavy atom. The molecule has 0 radical (unpaired) electrons. The molecule has 0 amide bonds. The van der Waals surface area contributed by atoms with Crippen LogP contribution in [-0.4, -0.2) is 5.78 Å². The van der Waals surface area contributed by atoms with E-state index in [1.165, 1.54) is 19.3 Å². The molecule has 0 unspecified atom stereocenters. The van der Waals surface area contributed by atoms with Gasteiger partial charge < -0.3 is 0 Å². The number of hydrogen-bond acceptors (Lipinski definition) is 1. The van der Waals surface area contributed by atoms with Crippen LogP contribution in [0.4, 0.5) is 0 Å². The molecule has 2 fully saturated rings. The van der Waals surface area contributed by atoms with Crippen molar-refractivity contribution in [3.63, 3.8) is 0 Å². The molecule has 0 aromatic heterocycles. The molecule has 1 heteroatoms. The van der Waals surface area contributed by atoms with Crippen LogP contribution in [0.1, 0.15) is 39.5 Å². The third-order valence-corrected chi connectivity index (χ3v) is 4.09. The first-order valence-corrected chi connectivity index (χ1v) is 4.69. The Morgan fingerprint density at radius 3 is 2.64 bits per heavy atom. The fraction of sp³-hybridized carbons (Fsp3) is 0.900. The maximum Gasteiger partial charge on any atom is 0.139 e. The standard InChI is InChI=1S/C10H16O/c1-7-4-3-5-8-6-9(11)10(7,8)2/h7-8H,3-6H2,1-2H3/t7-,8+,10+/m1/s1. The third kappa shape index (κ3) is 0.743. The molecule has 2 saturated carbocycles. The third-order valence-electron chi connectivity index (χ3n) is 4.09. The Bertz CT molecular complexity index is 189. The second-order valence-corrected chi connectivity index (χ2v) is 4.44. The van der Waals surface area contributed by atoms with E-state index in [-0.39, 0.29) is 5.41 Å². The first-order valence-electron chi connectivity index (χ1n) is 4.69. The fourth-order valence-electron chi connectivity index (χ4n) is 2.80. The van der Waals surface area contributed by atoms with Crippen molar-refractivity contribution in [1.29, 1.82) is 0 Å². The number of Topliss-reactive ketones (excluding diaryl/α,β-unsaturated/α-hetero) is 1. The van der Waals surface area contributed by atoms with E-state index < -0.39 is 0 Å². The normalized spacial score (nSPS) is 49.8. The van der Waals surface area contributed by atoms with Gasteiger partial charge in [-0.1, -0.05) is 20.3 Å². The van der Waals surface area contributed by atoms with Crippen LogP contribution < -0.4 is 0 Å². The SMILES string of the molecule is C[C@@H]1CCC[C@H]2CC(=O)[C@]21C. The van der Waals surface area contributed by atoms with E-state index in [1.54, 1.807) is 0 Å². The summed E-state index contributed by atoms with van der Waals surface area (Å²) in [6.45, 7) is 4.41. The van der Waals surface area contributed by atoms with E-state index >= 15 is 0 Å². The van der Waals surface area contributed by atoms with Crippen LogP contribution in [-0.2, 0) is 4.79 Å². The number of fused-ring (bicyclic) bond motifs is 1. The van der Waals surface area contributed by atoms with Crippen molar-refractivity contribution in [1.82, 2.24) is 0 Å². The summed E-state index contributed by atoms with van der Waals surface area (Å²) in [5.74, 6) is 1.90. The number of carbonyl (C=O) groups excluding carboxylic acids is 1. The zero-order chi connectivity index (χ0) is 8.06. The predicted octanol–water partition coefficient (Wildman–Crippen LogP) is 2.40. The Labute approximate surface area is 68.2 Å². The van der Waals surface area contributed by atoms with Gasteiger partial charge in [-0.3, -0.25) is 4.79 Å². The van der Waals surface area contributed by atoms with E-state index in [1.807, 2.05) is 0 Å². The number of hydrogen-bond donors (Lipinski definition) is 0. The van der Waals surface area contributed by atoms with E-state index in [0.29, 0.717) is 11.7 Å². The molecule has 3 atom stereocenters. The highest BCUT2D eigenvalue weighted by Crippen LogP contribution is 2.55. The van der Waals surface area contributed by atoms with Gasteiger partial charge in [0.1, 0.15) is 5.78 Å². The molecular formula is C10H16O. The smallest absolute Gasteiger partial charge is 0.139 e. The summed E-state index contributed by atoms with van der Waals surface area (Å²) in [6.07, 6.45) is 4.78. The minimum Gasteiger partial charge on any atom is -0.299 e. The Kier molecular flexibility index (Phi) is 1.39. The van der Waals surface area contributed by atoms with Crippen molar-refractivity contribution < 1.29 is 4.79 Å². The molecule has 62 valence electrons. The molecule has 0 aromatic carbocycles. The summed E-state index contributed by atoms with van der Waals surface area (Å²) in [5.41, 5.74) is 0.0955. The predicted molar refractivity (Wildman–Crippen MR) is 44.2 cm³/mol. The van der Waals surface area contributed by atoms with Crippen molar-refractivity contribution in [2.75, 3.05) is 0 Å². The maximum absolute atomic E-state index is 11.4. The molecule has 0 heterocycles. The molecule has 11 heavy (non-hydrogen) atoms. The van der Waals surface area contributed by atoms with Crippen LogP contribution in [0, 0.1) is 17.3 Å². The van der Waals surface area contributed by atoms with Crippen LogP contribution in [0.5, 0.6) is 0 Å². The van der Waals surface area contributed by atoms with Gasteiger partial charge in [-0.25, -0.2) is 0 Å². The molecule has 0 aromatic rings. The van der Waals surface area contributed by atoms with E-state index in [2.05, 4.69) is 13.8 Å². The Hall–Kier alpha value is -0.330. The average molecular weight is 152 g/mol. The summed E-state index contributed by atoms with van der Waals surface area (Å²) in [7, 11) is 0. The van der Waals surface area contributed by atoms with Gasteiger partial charge >= 0.3 is 0 Å². The largest absolute Gasteiger partial charge is 0.299 e. The van der Waals surface area contributed by atoms with Crippen LogP contribution in [0.25, 0.3) is 0 Å². The molecule has 2 rings (SSSR count). The first-order chi connectivity index (χ1) is 5.15. The van der Waals surface area contributed by atoms with Crippen molar-refractivity contribution in [2.24, 2.45) is 17.3 Å². The van der Waals surface area contributed by atoms with Gasteiger partial charge in [0.25, 0.3) is 0 Å². The van der Waals surface area contributed by atoms with Crippen LogP contribution in [0.2, 0.25) is 0 Å². The minimum absolute atomic E-state index is 0.0955. The zero-order valence-electron chi connectivity index (χ0n) is 7.39. The van der Waals surface area contributed by atoms with Crippen molar-refractivity contribution >= 4 is 5.78 Å². The summed E-state index contributed by atoms with van der Waals surface area (Å²) >= 11 is 0. The molecule has 0 spiro atoms. The lowest BCUT2D eigenvalue weighted by Crippen LogP contribution is -2.53. The van der Waals surface area contributed by atoms with Gasteiger partial charge in [-0.05, 0) is 24.7 Å². The van der Waals surface area contributed by atoms with Gasteiger partial charge in [0.05, 0.1) is 0 Å². The van der Waals surface area contributed by atoms with Crippen LogP contribution >= 0.6 is 0 Å². The lowest BCUT2D eigenvalue weighted by atomic mass is 9.50. The minimum atomic E-state index is 0.0955. The number of carbonyl (C=O) groups is 1. The average Bonchev–Trinajstić information content (AvgIpc) is 1.99. The maximum atomic E-state index is 11.4. The Morgan fingerprint density at radius 2 is 2.18 bits per heavy atom. The molecule has 1 nitrogen and oxygen atoms in total. The highest BCUT2D eigenvalue weighted by atomic mass is 16.1. The van der Waals surface area contributed by atoms with Crippen molar-refractivity contribution in [2.45, 2.75) is 39.5 Å². The fourth-order valence-corrected chi connectivity index (χ4v) is 2.80. The van der Waals surface area contributed by atoms with Crippen LogP contribution in [0.3, 0.4) is 0 Å². The van der Waals surface area contributed by atoms with Crippen molar-refractivity contribution in [3.05, 3.63) is 0 Å².